The number of fused-ring (bicyclic) bond motifs is 1. The smallest absolute Gasteiger partial charge is 0.286 e. The van der Waals surface area contributed by atoms with Crippen LogP contribution in [0.25, 0.3) is 0 Å². The molecular weight excluding hydrogens is 276 g/mol. The number of nitrogen functional groups attached to an aromatic ring is 1. The van der Waals surface area contributed by atoms with Gasteiger partial charge < -0.3 is 10.5 Å². The molecule has 0 amide bonds. The summed E-state index contributed by atoms with van der Waals surface area (Å²) in [7, 11) is -3.62. The number of benzene rings is 2. The molecule has 0 aromatic heterocycles. The van der Waals surface area contributed by atoms with Crippen molar-refractivity contribution in [3.63, 3.8) is 0 Å². The maximum Gasteiger partial charge on any atom is 0.286 e. The summed E-state index contributed by atoms with van der Waals surface area (Å²) in [6.07, 6.45) is 0. The Labute approximate surface area is 116 Å². The molecule has 5 nitrogen and oxygen atoms in total. The number of ether oxygens (including phenoxy) is 1. The standard InChI is InChI=1S/C14H12N2O3S/c15-11-7-5-10(6-8-11)9-19-14-12-3-1-2-4-13(12)20(17,18)16-14/h1-8H,9,15H2. The van der Waals surface area contributed by atoms with Crippen LogP contribution in [0.5, 0.6) is 0 Å². The first kappa shape index (κ1) is 12.7. The molecule has 1 aliphatic rings. The van der Waals surface area contributed by atoms with E-state index in [-0.39, 0.29) is 17.4 Å². The van der Waals surface area contributed by atoms with Crippen LogP contribution < -0.4 is 5.73 Å². The summed E-state index contributed by atoms with van der Waals surface area (Å²) in [5.74, 6) is 0.137. The second-order valence-corrected chi connectivity index (χ2v) is 5.97. The molecule has 3 rings (SSSR count). The van der Waals surface area contributed by atoms with E-state index in [1.165, 1.54) is 6.07 Å². The zero-order valence-corrected chi connectivity index (χ0v) is 11.3. The Kier molecular flexibility index (Phi) is 2.94. The van der Waals surface area contributed by atoms with Crippen molar-refractivity contribution in [2.45, 2.75) is 11.5 Å². The van der Waals surface area contributed by atoms with Crippen LogP contribution in [0.4, 0.5) is 5.69 Å². The third-order valence-electron chi connectivity index (χ3n) is 2.95. The van der Waals surface area contributed by atoms with Gasteiger partial charge in [-0.2, -0.15) is 8.42 Å². The second kappa shape index (κ2) is 4.64. The molecule has 1 heterocycles. The average Bonchev–Trinajstić information content (AvgIpc) is 2.70. The fraction of sp³-hybridized carbons (Fsp3) is 0.0714. The lowest BCUT2D eigenvalue weighted by atomic mass is 10.2. The minimum Gasteiger partial charge on any atom is -0.472 e. The highest BCUT2D eigenvalue weighted by Gasteiger charge is 2.29. The SMILES string of the molecule is Nc1ccc(COC2=NS(=O)(=O)c3ccccc32)cc1. The first-order valence-corrected chi connectivity index (χ1v) is 7.42. The monoisotopic (exact) mass is 288 g/mol. The average molecular weight is 288 g/mol. The summed E-state index contributed by atoms with van der Waals surface area (Å²) in [6.45, 7) is 0.239. The zero-order valence-electron chi connectivity index (χ0n) is 10.5. The van der Waals surface area contributed by atoms with Gasteiger partial charge in [-0.3, -0.25) is 0 Å². The molecule has 2 aromatic rings. The van der Waals surface area contributed by atoms with Gasteiger partial charge in [0.25, 0.3) is 10.0 Å². The highest BCUT2D eigenvalue weighted by atomic mass is 32.2. The van der Waals surface area contributed by atoms with Gasteiger partial charge in [-0.15, -0.1) is 4.40 Å². The number of hydrogen-bond donors (Lipinski definition) is 1. The lowest BCUT2D eigenvalue weighted by Crippen LogP contribution is -2.04. The van der Waals surface area contributed by atoms with E-state index >= 15 is 0 Å². The molecule has 0 bridgehead atoms. The molecular formula is C14H12N2O3S. The fourth-order valence-electron chi connectivity index (χ4n) is 1.95. The summed E-state index contributed by atoms with van der Waals surface area (Å²) in [5.41, 5.74) is 7.66. The van der Waals surface area contributed by atoms with Crippen LogP contribution in [0.2, 0.25) is 0 Å². The van der Waals surface area contributed by atoms with E-state index in [2.05, 4.69) is 4.40 Å². The first-order valence-electron chi connectivity index (χ1n) is 5.98. The van der Waals surface area contributed by atoms with Gasteiger partial charge in [-0.1, -0.05) is 24.3 Å². The van der Waals surface area contributed by atoms with Gasteiger partial charge in [0.2, 0.25) is 5.90 Å². The third kappa shape index (κ3) is 2.25. The van der Waals surface area contributed by atoms with Crippen LogP contribution in [0.3, 0.4) is 0 Å². The topological polar surface area (TPSA) is 81.8 Å². The molecule has 0 saturated carbocycles. The van der Waals surface area contributed by atoms with Crippen molar-refractivity contribution in [1.82, 2.24) is 0 Å². The molecule has 6 heteroatoms. The van der Waals surface area contributed by atoms with Crippen molar-refractivity contribution < 1.29 is 13.2 Å². The molecule has 2 aromatic carbocycles. The first-order chi connectivity index (χ1) is 9.56. The summed E-state index contributed by atoms with van der Waals surface area (Å²) in [4.78, 5) is 0.187. The van der Waals surface area contributed by atoms with E-state index in [4.69, 9.17) is 10.5 Å². The molecule has 0 aliphatic carbocycles. The van der Waals surface area contributed by atoms with Crippen molar-refractivity contribution in [3.05, 3.63) is 59.7 Å². The number of anilines is 1. The second-order valence-electron chi connectivity index (χ2n) is 4.40. The molecule has 102 valence electrons. The maximum absolute atomic E-state index is 11.8. The van der Waals surface area contributed by atoms with Crippen molar-refractivity contribution in [1.29, 1.82) is 0 Å². The van der Waals surface area contributed by atoms with Crippen molar-refractivity contribution in [2.75, 3.05) is 5.73 Å². The Balaban J connectivity index is 1.84. The van der Waals surface area contributed by atoms with E-state index in [0.717, 1.165) is 5.56 Å². The van der Waals surface area contributed by atoms with Crippen LogP contribution >= 0.6 is 0 Å². The summed E-state index contributed by atoms with van der Waals surface area (Å²) in [6, 6.07) is 13.8. The Morgan fingerprint density at radius 1 is 1.05 bits per heavy atom. The number of sulfonamides is 1. The number of nitrogens with two attached hydrogens (primary N) is 1. The van der Waals surface area contributed by atoms with Gasteiger partial charge in [0.15, 0.2) is 0 Å². The molecule has 0 unspecified atom stereocenters. The number of nitrogens with zero attached hydrogens (tertiary/aromatic N) is 1. The van der Waals surface area contributed by atoms with E-state index in [1.54, 1.807) is 30.3 Å². The molecule has 2 N–H and O–H groups in total. The predicted molar refractivity (Wildman–Crippen MR) is 75.8 cm³/mol. The van der Waals surface area contributed by atoms with Gasteiger partial charge in [0.1, 0.15) is 11.5 Å². The van der Waals surface area contributed by atoms with Crippen LogP contribution in [0.1, 0.15) is 11.1 Å². The molecule has 0 saturated heterocycles. The summed E-state index contributed by atoms with van der Waals surface area (Å²) in [5, 5.41) is 0. The molecule has 0 radical (unpaired) electrons. The van der Waals surface area contributed by atoms with Crippen LogP contribution in [0, 0.1) is 0 Å². The highest BCUT2D eigenvalue weighted by molar-refractivity contribution is 7.90. The highest BCUT2D eigenvalue weighted by Crippen LogP contribution is 2.26. The van der Waals surface area contributed by atoms with E-state index < -0.39 is 10.0 Å². The quantitative estimate of drug-likeness (QED) is 0.856. The van der Waals surface area contributed by atoms with Gasteiger partial charge in [0.05, 0.1) is 5.56 Å². The number of rotatable bonds is 2. The molecule has 0 atom stereocenters. The zero-order chi connectivity index (χ0) is 14.2. The fourth-order valence-corrected chi connectivity index (χ4v) is 3.10. The predicted octanol–water partition coefficient (Wildman–Crippen LogP) is 1.93. The van der Waals surface area contributed by atoms with E-state index in [9.17, 15) is 8.42 Å². The lowest BCUT2D eigenvalue weighted by Gasteiger charge is -2.06. The maximum atomic E-state index is 11.8. The van der Waals surface area contributed by atoms with Crippen LogP contribution in [-0.4, -0.2) is 14.3 Å². The Morgan fingerprint density at radius 2 is 1.75 bits per heavy atom. The van der Waals surface area contributed by atoms with E-state index in [0.29, 0.717) is 11.3 Å². The molecule has 20 heavy (non-hydrogen) atoms. The third-order valence-corrected chi connectivity index (χ3v) is 4.27. The summed E-state index contributed by atoms with van der Waals surface area (Å²) >= 11 is 0. The largest absolute Gasteiger partial charge is 0.472 e. The Morgan fingerprint density at radius 3 is 2.50 bits per heavy atom. The summed E-state index contributed by atoms with van der Waals surface area (Å²) < 4.78 is 32.9. The van der Waals surface area contributed by atoms with Gasteiger partial charge in [-0.25, -0.2) is 0 Å². The van der Waals surface area contributed by atoms with E-state index in [1.807, 2.05) is 12.1 Å². The van der Waals surface area contributed by atoms with Crippen molar-refractivity contribution in [3.8, 4) is 0 Å². The van der Waals surface area contributed by atoms with Crippen LogP contribution in [-0.2, 0) is 21.4 Å². The Bertz CT molecular complexity index is 780. The lowest BCUT2D eigenvalue weighted by molar-refractivity contribution is 0.295. The van der Waals surface area contributed by atoms with Crippen molar-refractivity contribution in [2.24, 2.45) is 4.40 Å². The van der Waals surface area contributed by atoms with Crippen LogP contribution in [0.15, 0.2) is 57.8 Å². The molecule has 0 spiro atoms. The van der Waals surface area contributed by atoms with Crippen molar-refractivity contribution >= 4 is 21.6 Å². The van der Waals surface area contributed by atoms with Gasteiger partial charge in [-0.05, 0) is 29.8 Å². The Hall–Kier alpha value is -2.34. The van der Waals surface area contributed by atoms with Gasteiger partial charge >= 0.3 is 0 Å². The number of hydrogen-bond acceptors (Lipinski definition) is 4. The minimum atomic E-state index is -3.62. The normalized spacial score (nSPS) is 15.5. The molecule has 1 aliphatic heterocycles. The minimum absolute atomic E-state index is 0.137. The van der Waals surface area contributed by atoms with Gasteiger partial charge in [0, 0.05) is 5.69 Å². The molecule has 0 fully saturated rings.